The van der Waals surface area contributed by atoms with E-state index in [9.17, 15) is 9.90 Å². The highest BCUT2D eigenvalue weighted by atomic mass is 16.4. The average Bonchev–Trinajstić information content (AvgIpc) is 3.55. The summed E-state index contributed by atoms with van der Waals surface area (Å²) in [6, 6.07) is 20.1. The van der Waals surface area contributed by atoms with Gasteiger partial charge in [0, 0.05) is 18.4 Å². The molecule has 1 unspecified atom stereocenters. The Morgan fingerprint density at radius 1 is 1.04 bits per heavy atom. The second-order valence-electron chi connectivity index (χ2n) is 7.79. The molecule has 3 aromatic rings. The molecule has 144 valence electrons. The Kier molecular flexibility index (Phi) is 5.34. The van der Waals surface area contributed by atoms with E-state index >= 15 is 0 Å². The highest BCUT2D eigenvalue weighted by molar-refractivity contribution is 5.38. The van der Waals surface area contributed by atoms with E-state index in [0.717, 1.165) is 18.4 Å². The van der Waals surface area contributed by atoms with Gasteiger partial charge in [0.2, 0.25) is 0 Å². The summed E-state index contributed by atoms with van der Waals surface area (Å²) in [7, 11) is 0. The largest absolute Gasteiger partial charge is 0.507 e. The maximum absolute atomic E-state index is 12.6. The molecule has 2 aromatic carbocycles. The predicted molar refractivity (Wildman–Crippen MR) is 111 cm³/mol. The molecule has 1 N–H and O–H groups in total. The Labute approximate surface area is 165 Å². The van der Waals surface area contributed by atoms with Crippen LogP contribution in [-0.4, -0.2) is 5.11 Å². The molecular weight excluding hydrogens is 348 g/mol. The first kappa shape index (κ1) is 18.5. The maximum atomic E-state index is 12.6. The molecule has 1 fully saturated rings. The van der Waals surface area contributed by atoms with Crippen LogP contribution in [0, 0.1) is 0 Å². The van der Waals surface area contributed by atoms with Crippen molar-refractivity contribution in [1.29, 1.82) is 0 Å². The molecule has 4 rings (SSSR count). The smallest absolute Gasteiger partial charge is 0.343 e. The van der Waals surface area contributed by atoms with E-state index in [2.05, 4.69) is 31.2 Å². The standard InChI is InChI=1S/C25H26O3/c1-2-19(13-17-7-4-3-5-8-17)24-16-23(26)22(25(27)28-24)15-18-9-6-10-21(14-18)20-11-12-20/h3-10,14,16,19-20,26H,2,11-13,15H2,1H3. The van der Waals surface area contributed by atoms with Gasteiger partial charge in [0.1, 0.15) is 11.5 Å². The van der Waals surface area contributed by atoms with Crippen molar-refractivity contribution < 1.29 is 9.52 Å². The number of aromatic hydroxyl groups is 1. The molecule has 1 aliphatic rings. The molecule has 1 heterocycles. The first-order valence-electron chi connectivity index (χ1n) is 10.1. The Hall–Kier alpha value is -2.81. The Balaban J connectivity index is 1.57. The third-order valence-corrected chi connectivity index (χ3v) is 5.65. The van der Waals surface area contributed by atoms with Crippen molar-refractivity contribution in [3.63, 3.8) is 0 Å². The maximum Gasteiger partial charge on any atom is 0.343 e. The van der Waals surface area contributed by atoms with Crippen molar-refractivity contribution in [2.75, 3.05) is 0 Å². The number of benzene rings is 2. The van der Waals surface area contributed by atoms with Crippen molar-refractivity contribution in [2.45, 2.75) is 50.9 Å². The van der Waals surface area contributed by atoms with Crippen LogP contribution >= 0.6 is 0 Å². The fourth-order valence-corrected chi connectivity index (χ4v) is 3.81. The molecule has 1 aliphatic carbocycles. The first-order valence-corrected chi connectivity index (χ1v) is 10.1. The van der Waals surface area contributed by atoms with Crippen LogP contribution in [0.3, 0.4) is 0 Å². The summed E-state index contributed by atoms with van der Waals surface area (Å²) in [5.74, 6) is 1.32. The van der Waals surface area contributed by atoms with Crippen molar-refractivity contribution in [3.05, 3.63) is 99.1 Å². The lowest BCUT2D eigenvalue weighted by molar-refractivity contribution is 0.387. The SMILES string of the molecule is CCC(Cc1ccccc1)c1cc(O)c(Cc2cccc(C3CC3)c2)c(=O)o1. The molecular formula is C25H26O3. The minimum atomic E-state index is -0.432. The summed E-state index contributed by atoms with van der Waals surface area (Å²) in [6.45, 7) is 2.07. The van der Waals surface area contributed by atoms with Gasteiger partial charge in [0.15, 0.2) is 0 Å². The molecule has 1 atom stereocenters. The van der Waals surface area contributed by atoms with E-state index < -0.39 is 5.63 Å². The van der Waals surface area contributed by atoms with Crippen LogP contribution in [0.15, 0.2) is 69.9 Å². The summed E-state index contributed by atoms with van der Waals surface area (Å²) in [5, 5.41) is 10.6. The van der Waals surface area contributed by atoms with Crippen molar-refractivity contribution in [1.82, 2.24) is 0 Å². The van der Waals surface area contributed by atoms with E-state index in [1.54, 1.807) is 6.07 Å². The lowest BCUT2D eigenvalue weighted by Crippen LogP contribution is -2.12. The van der Waals surface area contributed by atoms with Crippen LogP contribution in [-0.2, 0) is 12.8 Å². The first-order chi connectivity index (χ1) is 13.6. The highest BCUT2D eigenvalue weighted by Gasteiger charge is 2.24. The van der Waals surface area contributed by atoms with Crippen molar-refractivity contribution in [3.8, 4) is 5.75 Å². The van der Waals surface area contributed by atoms with Gasteiger partial charge in [-0.3, -0.25) is 0 Å². The predicted octanol–water partition coefficient (Wildman–Crippen LogP) is 5.55. The third-order valence-electron chi connectivity index (χ3n) is 5.65. The zero-order valence-electron chi connectivity index (χ0n) is 16.2. The van der Waals surface area contributed by atoms with Crippen LogP contribution in [0.2, 0.25) is 0 Å². The molecule has 1 aromatic heterocycles. The number of hydrogen-bond acceptors (Lipinski definition) is 3. The van der Waals surface area contributed by atoms with Crippen LogP contribution in [0.5, 0.6) is 5.75 Å². The lowest BCUT2D eigenvalue weighted by atomic mass is 9.93. The zero-order chi connectivity index (χ0) is 19.5. The quantitative estimate of drug-likeness (QED) is 0.590. The molecule has 0 amide bonds. The van der Waals surface area contributed by atoms with E-state index in [1.807, 2.05) is 30.3 Å². The second kappa shape index (κ2) is 8.05. The highest BCUT2D eigenvalue weighted by Crippen LogP contribution is 2.40. The Bertz CT molecular complexity index is 1000. The molecule has 0 radical (unpaired) electrons. The minimum absolute atomic E-state index is 0.0367. The van der Waals surface area contributed by atoms with Gasteiger partial charge < -0.3 is 9.52 Å². The van der Waals surface area contributed by atoms with Crippen LogP contribution in [0.25, 0.3) is 0 Å². The molecule has 0 spiro atoms. The van der Waals surface area contributed by atoms with Gasteiger partial charge in [-0.2, -0.15) is 0 Å². The van der Waals surface area contributed by atoms with Crippen LogP contribution in [0.4, 0.5) is 0 Å². The van der Waals surface area contributed by atoms with Gasteiger partial charge in [-0.25, -0.2) is 4.79 Å². The molecule has 0 bridgehead atoms. The monoisotopic (exact) mass is 374 g/mol. The van der Waals surface area contributed by atoms with Gasteiger partial charge in [0.05, 0.1) is 5.56 Å². The van der Waals surface area contributed by atoms with Crippen LogP contribution in [0.1, 0.15) is 66.0 Å². The van der Waals surface area contributed by atoms with Crippen molar-refractivity contribution in [2.24, 2.45) is 0 Å². The molecule has 0 aliphatic heterocycles. The fraction of sp³-hybridized carbons (Fsp3) is 0.320. The van der Waals surface area contributed by atoms with Gasteiger partial charge >= 0.3 is 5.63 Å². The molecule has 0 saturated heterocycles. The summed E-state index contributed by atoms with van der Waals surface area (Å²) in [4.78, 5) is 12.6. The summed E-state index contributed by atoms with van der Waals surface area (Å²) >= 11 is 0. The van der Waals surface area contributed by atoms with Gasteiger partial charge in [-0.1, -0.05) is 61.5 Å². The molecule has 1 saturated carbocycles. The topological polar surface area (TPSA) is 50.4 Å². The van der Waals surface area contributed by atoms with E-state index in [1.165, 1.54) is 24.0 Å². The summed E-state index contributed by atoms with van der Waals surface area (Å²) in [5.41, 5.74) is 3.46. The van der Waals surface area contributed by atoms with Gasteiger partial charge in [-0.15, -0.1) is 0 Å². The van der Waals surface area contributed by atoms with E-state index in [-0.39, 0.29) is 11.7 Å². The Morgan fingerprint density at radius 3 is 2.46 bits per heavy atom. The Morgan fingerprint density at radius 2 is 1.79 bits per heavy atom. The summed E-state index contributed by atoms with van der Waals surface area (Å²) in [6.07, 6.45) is 4.49. The van der Waals surface area contributed by atoms with Gasteiger partial charge in [-0.05, 0) is 48.3 Å². The lowest BCUT2D eigenvalue weighted by Gasteiger charge is -2.15. The summed E-state index contributed by atoms with van der Waals surface area (Å²) < 4.78 is 5.66. The molecule has 28 heavy (non-hydrogen) atoms. The van der Waals surface area contributed by atoms with Gasteiger partial charge in [0.25, 0.3) is 0 Å². The zero-order valence-corrected chi connectivity index (χ0v) is 16.2. The van der Waals surface area contributed by atoms with E-state index in [4.69, 9.17) is 4.42 Å². The van der Waals surface area contributed by atoms with E-state index in [0.29, 0.717) is 23.7 Å². The average molecular weight is 374 g/mol. The third kappa shape index (κ3) is 4.19. The molecule has 3 nitrogen and oxygen atoms in total. The number of rotatable bonds is 7. The van der Waals surface area contributed by atoms with Crippen molar-refractivity contribution >= 4 is 0 Å². The minimum Gasteiger partial charge on any atom is -0.507 e. The molecule has 3 heteroatoms. The normalized spacial score (nSPS) is 14.8. The second-order valence-corrected chi connectivity index (χ2v) is 7.79. The number of hydrogen-bond donors (Lipinski definition) is 1. The van der Waals surface area contributed by atoms with Crippen LogP contribution < -0.4 is 5.63 Å². The fourth-order valence-electron chi connectivity index (χ4n) is 3.81.